The van der Waals surface area contributed by atoms with E-state index in [4.69, 9.17) is 4.52 Å². The van der Waals surface area contributed by atoms with Crippen LogP contribution in [0.5, 0.6) is 0 Å². The van der Waals surface area contributed by atoms with Crippen molar-refractivity contribution < 1.29 is 22.5 Å². The highest BCUT2D eigenvalue weighted by molar-refractivity contribution is 5.79. The van der Waals surface area contributed by atoms with E-state index in [2.05, 4.69) is 20.1 Å². The number of nitrogens with zero attached hydrogens (tertiary/aromatic N) is 5. The molecular weight excluding hydrogens is 411 g/mol. The zero-order chi connectivity index (χ0) is 21.8. The van der Waals surface area contributed by atoms with Gasteiger partial charge in [0.1, 0.15) is 5.69 Å². The van der Waals surface area contributed by atoms with E-state index < -0.39 is 11.7 Å². The second-order valence-electron chi connectivity index (χ2n) is 7.53. The number of benzene rings is 1. The summed E-state index contributed by atoms with van der Waals surface area (Å²) in [6.07, 6.45) is 2.37. The second-order valence-corrected chi connectivity index (χ2v) is 7.53. The molecule has 0 N–H and O–H groups in total. The van der Waals surface area contributed by atoms with Crippen LogP contribution in [0.4, 0.5) is 13.2 Å². The summed E-state index contributed by atoms with van der Waals surface area (Å²) in [5, 5.41) is 3.93. The number of hydrogen-bond donors (Lipinski definition) is 0. The third kappa shape index (κ3) is 5.25. The predicted octanol–water partition coefficient (Wildman–Crippen LogP) is 3.57. The van der Waals surface area contributed by atoms with E-state index in [1.54, 1.807) is 29.6 Å². The van der Waals surface area contributed by atoms with Gasteiger partial charge in [0.2, 0.25) is 17.6 Å². The summed E-state index contributed by atoms with van der Waals surface area (Å²) in [5.41, 5.74) is 0.121. The van der Waals surface area contributed by atoms with Crippen molar-refractivity contribution in [2.75, 3.05) is 13.1 Å². The predicted molar refractivity (Wildman–Crippen MR) is 103 cm³/mol. The first-order valence-electron chi connectivity index (χ1n) is 9.91. The number of carbonyl (C=O) groups is 1. The van der Waals surface area contributed by atoms with E-state index in [0.717, 1.165) is 25.0 Å². The van der Waals surface area contributed by atoms with E-state index in [1.807, 2.05) is 0 Å². The first-order chi connectivity index (χ1) is 14.9. The van der Waals surface area contributed by atoms with E-state index in [0.29, 0.717) is 42.5 Å². The lowest BCUT2D eigenvalue weighted by atomic mass is 9.94. The molecule has 1 amide bonds. The van der Waals surface area contributed by atoms with Crippen LogP contribution in [0.25, 0.3) is 11.5 Å². The molecule has 162 valence electrons. The minimum atomic E-state index is -4.43. The number of aromatic nitrogens is 4. The van der Waals surface area contributed by atoms with Gasteiger partial charge in [0.05, 0.1) is 18.2 Å². The van der Waals surface area contributed by atoms with Crippen molar-refractivity contribution in [3.63, 3.8) is 0 Å². The Kier molecular flexibility index (Phi) is 5.97. The third-order valence-corrected chi connectivity index (χ3v) is 5.21. The monoisotopic (exact) mass is 431 g/mol. The topological polar surface area (TPSA) is 85.0 Å². The summed E-state index contributed by atoms with van der Waals surface area (Å²) in [6, 6.07) is 4.91. The Morgan fingerprint density at radius 1 is 1.26 bits per heavy atom. The van der Waals surface area contributed by atoms with Gasteiger partial charge in [0.25, 0.3) is 0 Å². The van der Waals surface area contributed by atoms with Crippen LogP contribution in [0.3, 0.4) is 0 Å². The van der Waals surface area contributed by atoms with Crippen LogP contribution in [0.1, 0.15) is 29.9 Å². The van der Waals surface area contributed by atoms with Crippen molar-refractivity contribution >= 4 is 5.91 Å². The number of hydrogen-bond acceptors (Lipinski definition) is 6. The molecule has 0 spiro atoms. The highest BCUT2D eigenvalue weighted by Crippen LogP contribution is 2.30. The fraction of sp³-hybridized carbons (Fsp3) is 0.381. The van der Waals surface area contributed by atoms with Gasteiger partial charge in [-0.2, -0.15) is 18.2 Å². The smallest absolute Gasteiger partial charge is 0.342 e. The van der Waals surface area contributed by atoms with Crippen LogP contribution >= 0.6 is 0 Å². The molecule has 0 saturated carbocycles. The quantitative estimate of drug-likeness (QED) is 0.614. The molecule has 0 unspecified atom stereocenters. The number of alkyl halides is 3. The number of halogens is 3. The van der Waals surface area contributed by atoms with Gasteiger partial charge < -0.3 is 9.42 Å². The molecule has 1 aromatic carbocycles. The third-order valence-electron chi connectivity index (χ3n) is 5.21. The highest BCUT2D eigenvalue weighted by atomic mass is 19.4. The van der Waals surface area contributed by atoms with Crippen LogP contribution in [0.2, 0.25) is 0 Å². The number of rotatable bonds is 5. The Morgan fingerprint density at radius 2 is 2.13 bits per heavy atom. The summed E-state index contributed by atoms with van der Waals surface area (Å²) in [6.45, 7) is 1.09. The second kappa shape index (κ2) is 8.83. The fourth-order valence-corrected chi connectivity index (χ4v) is 3.71. The summed E-state index contributed by atoms with van der Waals surface area (Å²) < 4.78 is 44.0. The minimum absolute atomic E-state index is 0.0615. The molecule has 0 bridgehead atoms. The van der Waals surface area contributed by atoms with Gasteiger partial charge in [-0.25, -0.2) is 4.98 Å². The van der Waals surface area contributed by atoms with Gasteiger partial charge in [-0.3, -0.25) is 9.78 Å². The molecule has 3 heterocycles. The molecule has 7 nitrogen and oxygen atoms in total. The lowest BCUT2D eigenvalue weighted by Crippen LogP contribution is -2.41. The number of likely N-dealkylation sites (tertiary alicyclic amines) is 1. The molecular formula is C21H20F3N5O2. The van der Waals surface area contributed by atoms with Crippen molar-refractivity contribution in [1.29, 1.82) is 0 Å². The number of piperidine rings is 1. The van der Waals surface area contributed by atoms with Crippen molar-refractivity contribution in [3.8, 4) is 11.5 Å². The molecule has 1 fully saturated rings. The van der Waals surface area contributed by atoms with Crippen molar-refractivity contribution in [1.82, 2.24) is 25.0 Å². The average molecular weight is 431 g/mol. The summed E-state index contributed by atoms with van der Waals surface area (Å²) >= 11 is 0. The highest BCUT2D eigenvalue weighted by Gasteiger charge is 2.31. The standard InChI is InChI=1S/C21H20F3N5O2/c22-21(23,24)16-5-1-3-14(9-16)11-19(30)29-8-2-4-15(13-29)10-18-27-20(28-31-18)17-12-25-6-7-26-17/h1,3,5-7,9,12,15H,2,4,8,10-11,13H2/t15-/m1/s1. The Balaban J connectivity index is 1.36. The maximum absolute atomic E-state index is 12.9. The van der Waals surface area contributed by atoms with Crippen LogP contribution in [-0.2, 0) is 23.8 Å². The van der Waals surface area contributed by atoms with Gasteiger partial charge >= 0.3 is 6.18 Å². The first-order valence-corrected chi connectivity index (χ1v) is 9.91. The van der Waals surface area contributed by atoms with E-state index in [-0.39, 0.29) is 18.2 Å². The van der Waals surface area contributed by atoms with Gasteiger partial charge in [-0.15, -0.1) is 0 Å². The molecule has 1 aliphatic rings. The Labute approximate surface area is 176 Å². The lowest BCUT2D eigenvalue weighted by molar-refractivity contribution is -0.138. The molecule has 0 aliphatic carbocycles. The maximum atomic E-state index is 12.9. The van der Waals surface area contributed by atoms with Gasteiger partial charge in [-0.1, -0.05) is 23.4 Å². The van der Waals surface area contributed by atoms with Gasteiger partial charge in [0, 0.05) is 31.9 Å². The van der Waals surface area contributed by atoms with E-state index in [9.17, 15) is 18.0 Å². The lowest BCUT2D eigenvalue weighted by Gasteiger charge is -2.32. The molecule has 2 aromatic heterocycles. The van der Waals surface area contributed by atoms with Crippen molar-refractivity contribution in [2.45, 2.75) is 31.9 Å². The average Bonchev–Trinajstić information content (AvgIpc) is 3.23. The molecule has 0 radical (unpaired) electrons. The Bertz CT molecular complexity index is 1040. The summed E-state index contributed by atoms with van der Waals surface area (Å²) in [4.78, 5) is 26.9. The van der Waals surface area contributed by atoms with Crippen molar-refractivity contribution in [2.24, 2.45) is 5.92 Å². The molecule has 31 heavy (non-hydrogen) atoms. The first kappa shape index (κ1) is 21.0. The van der Waals surface area contributed by atoms with Crippen LogP contribution in [0, 0.1) is 5.92 Å². The van der Waals surface area contributed by atoms with Crippen LogP contribution in [-0.4, -0.2) is 44.0 Å². The summed E-state index contributed by atoms with van der Waals surface area (Å²) in [5.74, 6) is 0.762. The van der Waals surface area contributed by atoms with Gasteiger partial charge in [0.15, 0.2) is 0 Å². The number of carbonyl (C=O) groups excluding carboxylic acids is 1. The largest absolute Gasteiger partial charge is 0.416 e. The number of amides is 1. The fourth-order valence-electron chi connectivity index (χ4n) is 3.71. The van der Waals surface area contributed by atoms with Crippen molar-refractivity contribution in [3.05, 3.63) is 59.9 Å². The van der Waals surface area contributed by atoms with Crippen LogP contribution < -0.4 is 0 Å². The van der Waals surface area contributed by atoms with E-state index in [1.165, 1.54) is 6.07 Å². The molecule has 4 rings (SSSR count). The van der Waals surface area contributed by atoms with E-state index >= 15 is 0 Å². The van der Waals surface area contributed by atoms with Gasteiger partial charge in [-0.05, 0) is 30.4 Å². The molecule has 3 aromatic rings. The van der Waals surface area contributed by atoms with Crippen LogP contribution in [0.15, 0.2) is 47.4 Å². The molecule has 10 heteroatoms. The molecule has 1 saturated heterocycles. The normalized spacial score (nSPS) is 17.0. The minimum Gasteiger partial charge on any atom is -0.342 e. The molecule has 1 aliphatic heterocycles. The Morgan fingerprint density at radius 3 is 2.90 bits per heavy atom. The zero-order valence-electron chi connectivity index (χ0n) is 16.5. The SMILES string of the molecule is O=C(Cc1cccc(C(F)(F)F)c1)N1CCC[C@H](Cc2nc(-c3cnccn3)no2)C1. The maximum Gasteiger partial charge on any atom is 0.416 e. The summed E-state index contributed by atoms with van der Waals surface area (Å²) in [7, 11) is 0. The molecule has 1 atom stereocenters. The Hall–Kier alpha value is -3.30. The zero-order valence-corrected chi connectivity index (χ0v) is 16.5.